The number of fused-ring (bicyclic) bond motifs is 1. The minimum absolute atomic E-state index is 0.159. The Balaban J connectivity index is 1.72. The molecule has 7 heteroatoms. The SMILES string of the molecule is CC(C)c1nnc([C@@H](C)NC(=O)c2noc3c2CCCC3)o1. The largest absolute Gasteiger partial charge is 0.423 e. The van der Waals surface area contributed by atoms with Gasteiger partial charge in [0.15, 0.2) is 5.69 Å². The molecule has 0 radical (unpaired) electrons. The van der Waals surface area contributed by atoms with Gasteiger partial charge in [0.05, 0.1) is 0 Å². The molecular weight excluding hydrogens is 284 g/mol. The van der Waals surface area contributed by atoms with Crippen LogP contribution in [0.15, 0.2) is 8.94 Å². The second-order valence-electron chi connectivity index (χ2n) is 5.97. The number of amides is 1. The van der Waals surface area contributed by atoms with E-state index in [9.17, 15) is 4.79 Å². The summed E-state index contributed by atoms with van der Waals surface area (Å²) >= 11 is 0. The minimum atomic E-state index is -0.372. The Bertz CT molecular complexity index is 674. The Labute approximate surface area is 128 Å². The summed E-state index contributed by atoms with van der Waals surface area (Å²) in [5, 5.41) is 14.7. The average molecular weight is 304 g/mol. The van der Waals surface area contributed by atoms with Crippen LogP contribution in [0.5, 0.6) is 0 Å². The molecule has 0 saturated carbocycles. The van der Waals surface area contributed by atoms with Crippen LogP contribution in [0.2, 0.25) is 0 Å². The molecule has 0 saturated heterocycles. The van der Waals surface area contributed by atoms with E-state index >= 15 is 0 Å². The number of carbonyl (C=O) groups excluding carboxylic acids is 1. The Kier molecular flexibility index (Phi) is 3.96. The minimum Gasteiger partial charge on any atom is -0.423 e. The number of carbonyl (C=O) groups is 1. The molecule has 118 valence electrons. The van der Waals surface area contributed by atoms with Crippen molar-refractivity contribution in [3.05, 3.63) is 28.8 Å². The lowest BCUT2D eigenvalue weighted by Crippen LogP contribution is -2.28. The van der Waals surface area contributed by atoms with Crippen LogP contribution >= 0.6 is 0 Å². The maximum absolute atomic E-state index is 12.4. The molecule has 0 unspecified atom stereocenters. The van der Waals surface area contributed by atoms with Gasteiger partial charge in [0.1, 0.15) is 11.8 Å². The standard InChI is InChI=1S/C15H20N4O3/c1-8(2)14-17-18-15(21-14)9(3)16-13(20)12-10-6-4-5-7-11(10)22-19-12/h8-9H,4-7H2,1-3H3,(H,16,20)/t9-/m1/s1. The van der Waals surface area contributed by atoms with Crippen molar-refractivity contribution in [3.8, 4) is 0 Å². The first kappa shape index (κ1) is 14.7. The molecule has 7 nitrogen and oxygen atoms in total. The molecule has 0 fully saturated rings. The third-order valence-electron chi connectivity index (χ3n) is 3.83. The Morgan fingerprint density at radius 2 is 1.86 bits per heavy atom. The lowest BCUT2D eigenvalue weighted by molar-refractivity contribution is 0.0923. The van der Waals surface area contributed by atoms with Gasteiger partial charge in [-0.25, -0.2) is 0 Å². The van der Waals surface area contributed by atoms with Gasteiger partial charge in [0.2, 0.25) is 11.8 Å². The molecule has 2 heterocycles. The molecule has 3 rings (SSSR count). The van der Waals surface area contributed by atoms with E-state index in [2.05, 4.69) is 20.7 Å². The highest BCUT2D eigenvalue weighted by Crippen LogP contribution is 2.24. The second kappa shape index (κ2) is 5.90. The lowest BCUT2D eigenvalue weighted by Gasteiger charge is -2.11. The number of aromatic nitrogens is 3. The fourth-order valence-electron chi connectivity index (χ4n) is 2.54. The Morgan fingerprint density at radius 1 is 1.14 bits per heavy atom. The molecule has 0 aromatic carbocycles. The molecule has 22 heavy (non-hydrogen) atoms. The zero-order valence-electron chi connectivity index (χ0n) is 13.0. The van der Waals surface area contributed by atoms with Gasteiger partial charge >= 0.3 is 0 Å². The van der Waals surface area contributed by atoms with E-state index in [0.29, 0.717) is 17.5 Å². The molecule has 1 N–H and O–H groups in total. The van der Waals surface area contributed by atoms with Crippen molar-refractivity contribution in [2.75, 3.05) is 0 Å². The van der Waals surface area contributed by atoms with Gasteiger partial charge in [-0.2, -0.15) is 0 Å². The first-order valence-electron chi connectivity index (χ1n) is 7.68. The van der Waals surface area contributed by atoms with Crippen LogP contribution in [0.3, 0.4) is 0 Å². The Morgan fingerprint density at radius 3 is 2.59 bits per heavy atom. The third-order valence-corrected chi connectivity index (χ3v) is 3.83. The summed E-state index contributed by atoms with van der Waals surface area (Å²) in [6.45, 7) is 5.76. The Hall–Kier alpha value is -2.18. The van der Waals surface area contributed by atoms with E-state index in [0.717, 1.165) is 37.0 Å². The van der Waals surface area contributed by atoms with Crippen molar-refractivity contribution in [3.63, 3.8) is 0 Å². The topological polar surface area (TPSA) is 94.1 Å². The zero-order chi connectivity index (χ0) is 15.7. The summed E-state index contributed by atoms with van der Waals surface area (Å²) in [5.41, 5.74) is 1.31. The van der Waals surface area contributed by atoms with Crippen LogP contribution in [0.4, 0.5) is 0 Å². The molecule has 2 aromatic heterocycles. The normalized spacial score (nSPS) is 15.6. The number of rotatable bonds is 4. The van der Waals surface area contributed by atoms with Crippen LogP contribution < -0.4 is 5.32 Å². The second-order valence-corrected chi connectivity index (χ2v) is 5.97. The van der Waals surface area contributed by atoms with E-state index in [1.165, 1.54) is 0 Å². The summed E-state index contributed by atoms with van der Waals surface area (Å²) < 4.78 is 10.8. The van der Waals surface area contributed by atoms with E-state index in [4.69, 9.17) is 8.94 Å². The molecule has 0 aliphatic heterocycles. The number of hydrogen-bond acceptors (Lipinski definition) is 6. The van der Waals surface area contributed by atoms with Crippen LogP contribution in [-0.2, 0) is 12.8 Å². The van der Waals surface area contributed by atoms with E-state index in [1.54, 1.807) is 0 Å². The van der Waals surface area contributed by atoms with Crippen LogP contribution in [0, 0.1) is 0 Å². The highest BCUT2D eigenvalue weighted by molar-refractivity contribution is 5.94. The molecule has 2 aromatic rings. The molecule has 1 aliphatic carbocycles. The summed E-state index contributed by atoms with van der Waals surface area (Å²) in [4.78, 5) is 12.4. The van der Waals surface area contributed by atoms with E-state index in [1.807, 2.05) is 20.8 Å². The maximum atomic E-state index is 12.4. The maximum Gasteiger partial charge on any atom is 0.274 e. The fourth-order valence-corrected chi connectivity index (χ4v) is 2.54. The lowest BCUT2D eigenvalue weighted by atomic mass is 9.96. The first-order chi connectivity index (χ1) is 10.6. The molecule has 0 spiro atoms. The van der Waals surface area contributed by atoms with Crippen molar-refractivity contribution in [1.82, 2.24) is 20.7 Å². The fraction of sp³-hybridized carbons (Fsp3) is 0.600. The van der Waals surface area contributed by atoms with Crippen molar-refractivity contribution < 1.29 is 13.7 Å². The van der Waals surface area contributed by atoms with Gasteiger partial charge in [0.25, 0.3) is 5.91 Å². The van der Waals surface area contributed by atoms with Crippen molar-refractivity contribution in [2.24, 2.45) is 0 Å². The highest BCUT2D eigenvalue weighted by atomic mass is 16.5. The van der Waals surface area contributed by atoms with Crippen molar-refractivity contribution >= 4 is 5.91 Å². The van der Waals surface area contributed by atoms with Gasteiger partial charge in [-0.1, -0.05) is 19.0 Å². The van der Waals surface area contributed by atoms with Crippen LogP contribution in [-0.4, -0.2) is 21.3 Å². The van der Waals surface area contributed by atoms with Crippen LogP contribution in [0.1, 0.15) is 79.2 Å². The average Bonchev–Trinajstić information content (AvgIpc) is 3.14. The van der Waals surface area contributed by atoms with Gasteiger partial charge in [-0.05, 0) is 26.2 Å². The number of nitrogens with zero attached hydrogens (tertiary/aromatic N) is 3. The number of aryl methyl sites for hydroxylation is 1. The molecule has 0 bridgehead atoms. The highest BCUT2D eigenvalue weighted by Gasteiger charge is 2.26. The predicted molar refractivity (Wildman–Crippen MR) is 77.4 cm³/mol. The van der Waals surface area contributed by atoms with Crippen molar-refractivity contribution in [2.45, 2.75) is 58.4 Å². The molecule has 1 aliphatic rings. The monoisotopic (exact) mass is 304 g/mol. The van der Waals surface area contributed by atoms with Gasteiger partial charge in [-0.3, -0.25) is 4.79 Å². The predicted octanol–water partition coefficient (Wildman–Crippen LogP) is 2.55. The molecule has 1 atom stereocenters. The smallest absolute Gasteiger partial charge is 0.274 e. The summed E-state index contributed by atoms with van der Waals surface area (Å²) in [7, 11) is 0. The zero-order valence-corrected chi connectivity index (χ0v) is 13.0. The third kappa shape index (κ3) is 2.75. The van der Waals surface area contributed by atoms with E-state index < -0.39 is 0 Å². The molecule has 1 amide bonds. The van der Waals surface area contributed by atoms with Crippen molar-refractivity contribution in [1.29, 1.82) is 0 Å². The summed E-state index contributed by atoms with van der Waals surface area (Å²) in [6, 6.07) is -0.372. The number of nitrogens with one attached hydrogen (secondary N) is 1. The van der Waals surface area contributed by atoms with Gasteiger partial charge < -0.3 is 14.3 Å². The molecular formula is C15H20N4O3. The number of hydrogen-bond donors (Lipinski definition) is 1. The quantitative estimate of drug-likeness (QED) is 0.932. The van der Waals surface area contributed by atoms with E-state index in [-0.39, 0.29) is 17.9 Å². The van der Waals surface area contributed by atoms with Gasteiger partial charge in [0, 0.05) is 17.9 Å². The first-order valence-corrected chi connectivity index (χ1v) is 7.68. The summed E-state index contributed by atoms with van der Waals surface area (Å²) in [6.07, 6.45) is 3.84. The van der Waals surface area contributed by atoms with Crippen LogP contribution in [0.25, 0.3) is 0 Å². The summed E-state index contributed by atoms with van der Waals surface area (Å²) in [5.74, 6) is 1.70. The van der Waals surface area contributed by atoms with Gasteiger partial charge in [-0.15, -0.1) is 10.2 Å².